The summed E-state index contributed by atoms with van der Waals surface area (Å²) < 4.78 is 5.18. The van der Waals surface area contributed by atoms with Gasteiger partial charge in [-0.15, -0.1) is 0 Å². The Hall–Kier alpha value is -1.29. The quantitative estimate of drug-likeness (QED) is 0.936. The van der Waals surface area contributed by atoms with E-state index in [2.05, 4.69) is 4.98 Å². The van der Waals surface area contributed by atoms with Crippen molar-refractivity contribution < 1.29 is 9.84 Å². The van der Waals surface area contributed by atoms with Gasteiger partial charge in [-0.05, 0) is 23.8 Å². The summed E-state index contributed by atoms with van der Waals surface area (Å²) >= 11 is 11.9. The van der Waals surface area contributed by atoms with Crippen molar-refractivity contribution in [1.82, 2.24) is 4.98 Å². The van der Waals surface area contributed by atoms with Crippen molar-refractivity contribution in [3.63, 3.8) is 0 Å². The van der Waals surface area contributed by atoms with Crippen molar-refractivity contribution in [3.8, 4) is 5.75 Å². The van der Waals surface area contributed by atoms with E-state index in [-0.39, 0.29) is 0 Å². The number of halogens is 2. The molecule has 1 aromatic heterocycles. The van der Waals surface area contributed by atoms with Crippen LogP contribution >= 0.6 is 23.2 Å². The van der Waals surface area contributed by atoms with Gasteiger partial charge in [-0.2, -0.15) is 0 Å². The Labute approximate surface area is 121 Å². The third kappa shape index (κ3) is 3.38. The number of aliphatic hydroxyl groups excluding tert-OH is 1. The Morgan fingerprint density at radius 3 is 2.79 bits per heavy atom. The Balaban J connectivity index is 2.23. The van der Waals surface area contributed by atoms with Crippen molar-refractivity contribution in [2.45, 2.75) is 12.5 Å². The van der Waals surface area contributed by atoms with Crippen molar-refractivity contribution in [3.05, 3.63) is 57.8 Å². The van der Waals surface area contributed by atoms with Crippen molar-refractivity contribution in [2.75, 3.05) is 7.11 Å². The van der Waals surface area contributed by atoms with Crippen LogP contribution in [0.4, 0.5) is 0 Å². The molecule has 0 aliphatic rings. The normalized spacial score (nSPS) is 12.2. The fraction of sp³-hybridized carbons (Fsp3) is 0.214. The Morgan fingerprint density at radius 1 is 1.32 bits per heavy atom. The maximum atomic E-state index is 10.3. The van der Waals surface area contributed by atoms with Crippen LogP contribution in [0.25, 0.3) is 0 Å². The van der Waals surface area contributed by atoms with Crippen LogP contribution in [-0.2, 0) is 6.42 Å². The monoisotopic (exact) mass is 297 g/mol. The van der Waals surface area contributed by atoms with Gasteiger partial charge in [0.2, 0.25) is 0 Å². The second-order valence-electron chi connectivity index (χ2n) is 4.07. The Morgan fingerprint density at radius 2 is 2.11 bits per heavy atom. The second-order valence-corrected chi connectivity index (χ2v) is 4.92. The highest BCUT2D eigenvalue weighted by molar-refractivity contribution is 6.35. The van der Waals surface area contributed by atoms with E-state index in [9.17, 15) is 5.11 Å². The highest BCUT2D eigenvalue weighted by atomic mass is 35.5. The molecule has 0 fully saturated rings. The number of pyridine rings is 1. The summed E-state index contributed by atoms with van der Waals surface area (Å²) in [6.07, 6.45) is 2.86. The first-order valence-corrected chi connectivity index (χ1v) is 6.47. The zero-order chi connectivity index (χ0) is 13.8. The molecule has 19 heavy (non-hydrogen) atoms. The van der Waals surface area contributed by atoms with Crippen LogP contribution in [0.2, 0.25) is 10.0 Å². The van der Waals surface area contributed by atoms with E-state index < -0.39 is 6.10 Å². The molecule has 0 bridgehead atoms. The van der Waals surface area contributed by atoms with E-state index >= 15 is 0 Å². The highest BCUT2D eigenvalue weighted by Crippen LogP contribution is 2.29. The van der Waals surface area contributed by atoms with E-state index in [0.717, 1.165) is 5.56 Å². The van der Waals surface area contributed by atoms with Crippen LogP contribution in [0.15, 0.2) is 36.7 Å². The standard InChI is InChI=1S/C14H13Cl2NO2/c1-19-14-8-17-5-4-11(14)13(18)6-9-2-3-10(15)7-12(9)16/h2-5,7-8,13,18H,6H2,1H3. The largest absolute Gasteiger partial charge is 0.495 e. The van der Waals surface area contributed by atoms with Gasteiger partial charge in [0.05, 0.1) is 19.4 Å². The molecule has 0 spiro atoms. The van der Waals surface area contributed by atoms with Crippen LogP contribution in [0, 0.1) is 0 Å². The molecule has 3 nitrogen and oxygen atoms in total. The van der Waals surface area contributed by atoms with E-state index in [1.54, 1.807) is 37.7 Å². The highest BCUT2D eigenvalue weighted by Gasteiger charge is 2.15. The zero-order valence-electron chi connectivity index (χ0n) is 10.3. The average Bonchev–Trinajstić information content (AvgIpc) is 2.41. The van der Waals surface area contributed by atoms with Gasteiger partial charge in [0.25, 0.3) is 0 Å². The van der Waals surface area contributed by atoms with Crippen LogP contribution in [0.3, 0.4) is 0 Å². The molecule has 0 aliphatic carbocycles. The van der Waals surface area contributed by atoms with Crippen molar-refractivity contribution >= 4 is 23.2 Å². The summed E-state index contributed by atoms with van der Waals surface area (Å²) in [6, 6.07) is 6.95. The maximum absolute atomic E-state index is 10.3. The third-order valence-corrected chi connectivity index (χ3v) is 3.41. The summed E-state index contributed by atoms with van der Waals surface area (Å²) in [5, 5.41) is 11.4. The fourth-order valence-electron chi connectivity index (χ4n) is 1.84. The van der Waals surface area contributed by atoms with Crippen LogP contribution in [0.5, 0.6) is 5.75 Å². The van der Waals surface area contributed by atoms with Crippen LogP contribution < -0.4 is 4.74 Å². The van der Waals surface area contributed by atoms with Gasteiger partial charge >= 0.3 is 0 Å². The summed E-state index contributed by atoms with van der Waals surface area (Å²) in [6.45, 7) is 0. The first-order valence-electron chi connectivity index (χ1n) is 5.71. The smallest absolute Gasteiger partial charge is 0.142 e. The van der Waals surface area contributed by atoms with Crippen LogP contribution in [-0.4, -0.2) is 17.2 Å². The molecule has 0 saturated carbocycles. The predicted octanol–water partition coefficient (Wildman–Crippen LogP) is 3.67. The first-order chi connectivity index (χ1) is 9.11. The molecule has 5 heteroatoms. The number of hydrogen-bond acceptors (Lipinski definition) is 3. The lowest BCUT2D eigenvalue weighted by molar-refractivity contribution is 0.174. The molecule has 1 heterocycles. The van der Waals surface area contributed by atoms with Crippen molar-refractivity contribution in [1.29, 1.82) is 0 Å². The summed E-state index contributed by atoms with van der Waals surface area (Å²) in [5.74, 6) is 0.556. The predicted molar refractivity (Wildman–Crippen MR) is 75.9 cm³/mol. The van der Waals surface area contributed by atoms with E-state index in [1.807, 2.05) is 6.07 Å². The number of methoxy groups -OCH3 is 1. The number of ether oxygens (including phenoxy) is 1. The van der Waals surface area contributed by atoms with Crippen molar-refractivity contribution in [2.24, 2.45) is 0 Å². The lowest BCUT2D eigenvalue weighted by Crippen LogP contribution is -2.05. The second kappa shape index (κ2) is 6.24. The topological polar surface area (TPSA) is 42.4 Å². The number of hydrogen-bond donors (Lipinski definition) is 1. The van der Waals surface area contributed by atoms with Crippen LogP contribution in [0.1, 0.15) is 17.2 Å². The van der Waals surface area contributed by atoms with Gasteiger partial charge in [0.15, 0.2) is 0 Å². The minimum absolute atomic E-state index is 0.385. The molecule has 100 valence electrons. The molecular weight excluding hydrogens is 285 g/mol. The summed E-state index contributed by atoms with van der Waals surface area (Å²) in [4.78, 5) is 3.96. The molecular formula is C14H13Cl2NO2. The molecule has 0 amide bonds. The summed E-state index contributed by atoms with van der Waals surface area (Å²) in [7, 11) is 1.54. The first kappa shape index (κ1) is 14.1. The fourth-order valence-corrected chi connectivity index (χ4v) is 2.33. The van der Waals surface area contributed by atoms with Gasteiger partial charge < -0.3 is 9.84 Å². The molecule has 0 aliphatic heterocycles. The van der Waals surface area contributed by atoms with E-state index in [0.29, 0.717) is 27.8 Å². The van der Waals surface area contributed by atoms with Gasteiger partial charge in [0.1, 0.15) is 5.75 Å². The number of nitrogens with zero attached hydrogens (tertiary/aromatic N) is 1. The van der Waals surface area contributed by atoms with E-state index in [4.69, 9.17) is 27.9 Å². The molecule has 1 atom stereocenters. The van der Waals surface area contributed by atoms with Gasteiger partial charge in [0, 0.05) is 28.2 Å². The molecule has 0 radical (unpaired) electrons. The van der Waals surface area contributed by atoms with Gasteiger partial charge in [-0.1, -0.05) is 29.3 Å². The number of aromatic nitrogens is 1. The lowest BCUT2D eigenvalue weighted by Gasteiger charge is -2.15. The number of rotatable bonds is 4. The molecule has 1 N–H and O–H groups in total. The minimum atomic E-state index is -0.711. The maximum Gasteiger partial charge on any atom is 0.142 e. The number of benzene rings is 1. The molecule has 0 saturated heterocycles. The number of aliphatic hydroxyl groups is 1. The SMILES string of the molecule is COc1cnccc1C(O)Cc1ccc(Cl)cc1Cl. The zero-order valence-corrected chi connectivity index (χ0v) is 11.8. The third-order valence-electron chi connectivity index (χ3n) is 2.82. The Kier molecular flexibility index (Phi) is 4.64. The summed E-state index contributed by atoms with van der Waals surface area (Å²) in [5.41, 5.74) is 1.51. The molecule has 1 unspecified atom stereocenters. The minimum Gasteiger partial charge on any atom is -0.495 e. The molecule has 2 rings (SSSR count). The van der Waals surface area contributed by atoms with Gasteiger partial charge in [-0.25, -0.2) is 0 Å². The van der Waals surface area contributed by atoms with E-state index in [1.165, 1.54) is 0 Å². The average molecular weight is 298 g/mol. The molecule has 1 aromatic carbocycles. The lowest BCUT2D eigenvalue weighted by atomic mass is 10.0. The Bertz CT molecular complexity index is 575. The molecule has 2 aromatic rings. The van der Waals surface area contributed by atoms with Gasteiger partial charge in [-0.3, -0.25) is 4.98 Å².